The largest absolute Gasteiger partial charge is 0.429 e. The summed E-state index contributed by atoms with van der Waals surface area (Å²) in [5.74, 6) is 4.49. The van der Waals surface area contributed by atoms with Gasteiger partial charge in [-0.05, 0) is 25.3 Å². The highest BCUT2D eigenvalue weighted by Crippen LogP contribution is 2.28. The second-order valence-corrected chi connectivity index (χ2v) is 3.10. The van der Waals surface area contributed by atoms with Gasteiger partial charge in [-0.3, -0.25) is 0 Å². The molecule has 0 aromatic rings. The number of halogens is 3. The van der Waals surface area contributed by atoms with Gasteiger partial charge in [0, 0.05) is 5.92 Å². The molecular formula is C10H10F3N. The molecule has 14 heavy (non-hydrogen) atoms. The summed E-state index contributed by atoms with van der Waals surface area (Å²) >= 11 is 0. The lowest BCUT2D eigenvalue weighted by atomic mass is 9.98. The summed E-state index contributed by atoms with van der Waals surface area (Å²) in [4.78, 5) is 3.50. The van der Waals surface area contributed by atoms with Crippen molar-refractivity contribution in [3.63, 3.8) is 0 Å². The van der Waals surface area contributed by atoms with Gasteiger partial charge in [-0.1, -0.05) is 12.8 Å². The fraction of sp³-hybridized carbons (Fsp3) is 0.500. The first-order valence-corrected chi connectivity index (χ1v) is 4.24. The molecule has 1 unspecified atom stereocenters. The Balaban J connectivity index is 3.01. The third kappa shape index (κ3) is 2.38. The Labute approximate surface area is 80.7 Å². The molecule has 76 valence electrons. The molecule has 0 saturated heterocycles. The minimum absolute atomic E-state index is 0.220. The number of rotatable bonds is 0. The molecule has 1 aliphatic rings. The molecule has 1 aliphatic heterocycles. The zero-order chi connectivity index (χ0) is 10.8. The van der Waals surface area contributed by atoms with Gasteiger partial charge in [-0.15, -0.1) is 0 Å². The first-order valence-electron chi connectivity index (χ1n) is 4.24. The van der Waals surface area contributed by atoms with Gasteiger partial charge in [-0.2, -0.15) is 13.2 Å². The Morgan fingerprint density at radius 1 is 1.50 bits per heavy atom. The van der Waals surface area contributed by atoms with Crippen molar-refractivity contribution in [3.8, 4) is 11.8 Å². The van der Waals surface area contributed by atoms with Crippen LogP contribution in [-0.4, -0.2) is 11.9 Å². The maximum Gasteiger partial charge on any atom is 0.429 e. The number of nitrogens with zero attached hydrogens (tertiary/aromatic N) is 1. The molecule has 0 aromatic carbocycles. The molecule has 0 amide bonds. The van der Waals surface area contributed by atoms with Gasteiger partial charge in [-0.25, -0.2) is 4.99 Å². The number of hydrogen-bond donors (Lipinski definition) is 0. The quantitative estimate of drug-likeness (QED) is 0.534. The zero-order valence-electron chi connectivity index (χ0n) is 7.94. The van der Waals surface area contributed by atoms with E-state index >= 15 is 0 Å². The lowest BCUT2D eigenvalue weighted by Crippen LogP contribution is -2.30. The Morgan fingerprint density at radius 3 is 2.64 bits per heavy atom. The van der Waals surface area contributed by atoms with E-state index in [2.05, 4.69) is 16.8 Å². The van der Waals surface area contributed by atoms with Crippen molar-refractivity contribution in [2.75, 3.05) is 0 Å². The number of aliphatic imine (C=N–C) groups is 1. The Morgan fingerprint density at radius 2 is 2.14 bits per heavy atom. The van der Waals surface area contributed by atoms with E-state index in [0.29, 0.717) is 6.42 Å². The van der Waals surface area contributed by atoms with Crippen LogP contribution in [-0.2, 0) is 0 Å². The van der Waals surface area contributed by atoms with Gasteiger partial charge in [0.1, 0.15) is 11.4 Å². The average Bonchev–Trinajstić information content (AvgIpc) is 2.07. The monoisotopic (exact) mass is 201 g/mol. The lowest BCUT2D eigenvalue weighted by Gasteiger charge is -2.19. The van der Waals surface area contributed by atoms with E-state index in [1.54, 1.807) is 13.0 Å². The van der Waals surface area contributed by atoms with Gasteiger partial charge in [0.25, 0.3) is 0 Å². The first kappa shape index (κ1) is 10.8. The third-order valence-corrected chi connectivity index (χ3v) is 1.92. The predicted octanol–water partition coefficient (Wildman–Crippen LogP) is 2.94. The van der Waals surface area contributed by atoms with E-state index in [1.807, 2.05) is 0 Å². The highest BCUT2D eigenvalue weighted by atomic mass is 19.4. The van der Waals surface area contributed by atoms with E-state index in [1.165, 1.54) is 6.92 Å². The van der Waals surface area contributed by atoms with Crippen LogP contribution in [0, 0.1) is 17.8 Å². The minimum Gasteiger partial charge on any atom is -0.239 e. The van der Waals surface area contributed by atoms with Crippen molar-refractivity contribution in [2.45, 2.75) is 26.4 Å². The van der Waals surface area contributed by atoms with Crippen LogP contribution < -0.4 is 0 Å². The van der Waals surface area contributed by atoms with Crippen LogP contribution in [0.1, 0.15) is 20.3 Å². The van der Waals surface area contributed by atoms with E-state index < -0.39 is 17.8 Å². The third-order valence-electron chi connectivity index (χ3n) is 1.92. The summed E-state index contributed by atoms with van der Waals surface area (Å²) in [6.45, 7) is 3.08. The van der Waals surface area contributed by atoms with Crippen LogP contribution in [0.2, 0.25) is 0 Å². The van der Waals surface area contributed by atoms with Gasteiger partial charge in [0.05, 0.1) is 0 Å². The Bertz CT molecular complexity index is 339. The van der Waals surface area contributed by atoms with Crippen molar-refractivity contribution in [2.24, 2.45) is 10.9 Å². The normalized spacial score (nSPS) is 21.9. The van der Waals surface area contributed by atoms with Crippen molar-refractivity contribution < 1.29 is 13.2 Å². The van der Waals surface area contributed by atoms with E-state index in [-0.39, 0.29) is 5.70 Å². The Hall–Kier alpha value is -1.24. The van der Waals surface area contributed by atoms with Crippen LogP contribution in [0.5, 0.6) is 0 Å². The topological polar surface area (TPSA) is 12.4 Å². The summed E-state index contributed by atoms with van der Waals surface area (Å²) in [5, 5.41) is 0. The highest BCUT2D eigenvalue weighted by molar-refractivity contribution is 5.93. The maximum absolute atomic E-state index is 12.4. The molecule has 1 nitrogen and oxygen atoms in total. The van der Waals surface area contributed by atoms with Crippen LogP contribution >= 0.6 is 0 Å². The van der Waals surface area contributed by atoms with Crippen LogP contribution in [0.15, 0.2) is 16.8 Å². The van der Waals surface area contributed by atoms with Gasteiger partial charge in [0.2, 0.25) is 0 Å². The standard InChI is InChI=1S/C10H10F3N/c1-3-4-8-6-5-7(2)9(14-8)10(11,12)13/h6-7H,5H2,1-2H3. The summed E-state index contributed by atoms with van der Waals surface area (Å²) in [6.07, 6.45) is -2.35. The predicted molar refractivity (Wildman–Crippen MR) is 48.8 cm³/mol. The van der Waals surface area contributed by atoms with E-state index in [4.69, 9.17) is 0 Å². The number of allylic oxidation sites excluding steroid dienone is 2. The molecule has 0 N–H and O–H groups in total. The van der Waals surface area contributed by atoms with Gasteiger partial charge in [0.15, 0.2) is 0 Å². The van der Waals surface area contributed by atoms with Crippen LogP contribution in [0.4, 0.5) is 13.2 Å². The lowest BCUT2D eigenvalue weighted by molar-refractivity contribution is -0.0627. The molecule has 0 bridgehead atoms. The molecule has 0 aromatic heterocycles. The van der Waals surface area contributed by atoms with Crippen LogP contribution in [0.25, 0.3) is 0 Å². The fourth-order valence-corrected chi connectivity index (χ4v) is 1.24. The number of hydrogen-bond acceptors (Lipinski definition) is 1. The highest BCUT2D eigenvalue weighted by Gasteiger charge is 2.39. The maximum atomic E-state index is 12.4. The summed E-state index contributed by atoms with van der Waals surface area (Å²) in [7, 11) is 0. The molecule has 1 atom stereocenters. The molecule has 0 spiro atoms. The van der Waals surface area contributed by atoms with Crippen molar-refractivity contribution in [3.05, 3.63) is 11.8 Å². The van der Waals surface area contributed by atoms with Crippen molar-refractivity contribution >= 4 is 5.71 Å². The molecular weight excluding hydrogens is 191 g/mol. The zero-order valence-corrected chi connectivity index (χ0v) is 7.94. The average molecular weight is 201 g/mol. The SMILES string of the molecule is CC#CC1=CCC(C)C(C(F)(F)F)=N1. The molecule has 0 aliphatic carbocycles. The Kier molecular flexibility index (Phi) is 3.00. The smallest absolute Gasteiger partial charge is 0.239 e. The number of alkyl halides is 3. The van der Waals surface area contributed by atoms with E-state index in [9.17, 15) is 13.2 Å². The van der Waals surface area contributed by atoms with E-state index in [0.717, 1.165) is 0 Å². The van der Waals surface area contributed by atoms with Crippen molar-refractivity contribution in [1.82, 2.24) is 0 Å². The molecule has 0 fully saturated rings. The van der Waals surface area contributed by atoms with Gasteiger partial charge < -0.3 is 0 Å². The summed E-state index contributed by atoms with van der Waals surface area (Å²) in [6, 6.07) is 0. The molecule has 4 heteroatoms. The second kappa shape index (κ2) is 3.87. The summed E-state index contributed by atoms with van der Waals surface area (Å²) < 4.78 is 37.2. The van der Waals surface area contributed by atoms with Gasteiger partial charge >= 0.3 is 6.18 Å². The molecule has 1 heterocycles. The second-order valence-electron chi connectivity index (χ2n) is 3.10. The fourth-order valence-electron chi connectivity index (χ4n) is 1.24. The molecule has 1 rings (SSSR count). The van der Waals surface area contributed by atoms with Crippen molar-refractivity contribution in [1.29, 1.82) is 0 Å². The minimum atomic E-state index is -4.34. The summed E-state index contributed by atoms with van der Waals surface area (Å²) in [5.41, 5.74) is -0.504. The first-order chi connectivity index (χ1) is 6.45. The molecule has 0 radical (unpaired) electrons. The van der Waals surface area contributed by atoms with Crippen LogP contribution in [0.3, 0.4) is 0 Å². The molecule has 0 saturated carbocycles.